The van der Waals surface area contributed by atoms with Crippen molar-refractivity contribution in [1.29, 1.82) is 0 Å². The van der Waals surface area contributed by atoms with Crippen molar-refractivity contribution in [3.63, 3.8) is 0 Å². The number of carbonyl (C=O) groups excluding carboxylic acids is 3. The van der Waals surface area contributed by atoms with E-state index in [1.807, 2.05) is 0 Å². The summed E-state index contributed by atoms with van der Waals surface area (Å²) >= 11 is 0. The van der Waals surface area contributed by atoms with E-state index in [4.69, 9.17) is 14.2 Å². The molecule has 0 N–H and O–H groups in total. The minimum atomic E-state index is -0.761. The van der Waals surface area contributed by atoms with Gasteiger partial charge >= 0.3 is 17.9 Å². The van der Waals surface area contributed by atoms with E-state index in [-0.39, 0.29) is 31.1 Å². The third-order valence-electron chi connectivity index (χ3n) is 11.3. The van der Waals surface area contributed by atoms with Crippen molar-refractivity contribution in [3.8, 4) is 0 Å². The second-order valence-electron chi connectivity index (χ2n) is 17.5. The lowest BCUT2D eigenvalue weighted by atomic mass is 10.00. The van der Waals surface area contributed by atoms with Crippen LogP contribution >= 0.6 is 0 Å². The Morgan fingerprint density at radius 2 is 0.691 bits per heavy atom. The van der Waals surface area contributed by atoms with Crippen LogP contribution in [0.4, 0.5) is 0 Å². The molecule has 0 aliphatic heterocycles. The van der Waals surface area contributed by atoms with Gasteiger partial charge in [-0.2, -0.15) is 0 Å². The van der Waals surface area contributed by atoms with Crippen LogP contribution in [0.2, 0.25) is 0 Å². The summed E-state index contributed by atoms with van der Waals surface area (Å²) in [7, 11) is 0. The number of esters is 3. The quantitative estimate of drug-likeness (QED) is 0.0348. The Morgan fingerprint density at radius 1 is 0.382 bits per heavy atom. The molecule has 0 bridgehead atoms. The summed E-state index contributed by atoms with van der Waals surface area (Å²) in [5.74, 6) is 0.753. The van der Waals surface area contributed by atoms with E-state index >= 15 is 0 Å². The van der Waals surface area contributed by atoms with Gasteiger partial charge in [-0.3, -0.25) is 14.4 Å². The van der Waals surface area contributed by atoms with Crippen LogP contribution in [-0.2, 0) is 28.6 Å². The molecule has 1 unspecified atom stereocenters. The van der Waals surface area contributed by atoms with Crippen molar-refractivity contribution in [2.24, 2.45) is 11.8 Å². The minimum absolute atomic E-state index is 0.0656. The number of ether oxygens (including phenoxy) is 3. The summed E-state index contributed by atoms with van der Waals surface area (Å²) in [6.07, 6.45) is 40.9. The average Bonchev–Trinajstić information content (AvgIpc) is 3.17. The van der Waals surface area contributed by atoms with E-state index in [2.05, 4.69) is 34.6 Å². The van der Waals surface area contributed by atoms with Crippen LogP contribution in [0.25, 0.3) is 0 Å². The zero-order chi connectivity index (χ0) is 40.5. The number of rotatable bonds is 43. The lowest BCUT2D eigenvalue weighted by Gasteiger charge is -2.18. The molecule has 0 rings (SSSR count). The summed E-state index contributed by atoms with van der Waals surface area (Å²) in [5, 5.41) is 0. The van der Waals surface area contributed by atoms with Gasteiger partial charge in [0, 0.05) is 19.3 Å². The maximum atomic E-state index is 12.7. The molecule has 0 radical (unpaired) electrons. The Bertz CT molecular complexity index is 841. The fourth-order valence-corrected chi connectivity index (χ4v) is 7.25. The molecule has 2 atom stereocenters. The average molecular weight is 779 g/mol. The molecule has 0 saturated carbocycles. The summed E-state index contributed by atoms with van der Waals surface area (Å²) in [5.41, 5.74) is 0. The van der Waals surface area contributed by atoms with Crippen LogP contribution in [0.3, 0.4) is 0 Å². The van der Waals surface area contributed by atoms with Gasteiger partial charge in [-0.05, 0) is 31.1 Å². The number of hydrogen-bond donors (Lipinski definition) is 0. The Balaban J connectivity index is 4.31. The Hall–Kier alpha value is -1.59. The maximum absolute atomic E-state index is 12.7. The van der Waals surface area contributed by atoms with Crippen molar-refractivity contribution in [3.05, 3.63) is 0 Å². The van der Waals surface area contributed by atoms with Gasteiger partial charge in [0.25, 0.3) is 0 Å². The smallest absolute Gasteiger partial charge is 0.306 e. The predicted molar refractivity (Wildman–Crippen MR) is 233 cm³/mol. The largest absolute Gasteiger partial charge is 0.462 e. The van der Waals surface area contributed by atoms with Crippen molar-refractivity contribution >= 4 is 17.9 Å². The molecule has 0 aliphatic carbocycles. The van der Waals surface area contributed by atoms with Crippen molar-refractivity contribution in [1.82, 2.24) is 0 Å². The number of carbonyl (C=O) groups is 3. The zero-order valence-corrected chi connectivity index (χ0v) is 37.6. The molecule has 0 spiro atoms. The van der Waals surface area contributed by atoms with E-state index in [1.165, 1.54) is 154 Å². The van der Waals surface area contributed by atoms with Crippen molar-refractivity contribution < 1.29 is 28.6 Å². The minimum Gasteiger partial charge on any atom is -0.462 e. The summed E-state index contributed by atoms with van der Waals surface area (Å²) in [6.45, 7) is 11.3. The number of hydrogen-bond acceptors (Lipinski definition) is 6. The molecule has 326 valence electrons. The molecule has 0 heterocycles. The van der Waals surface area contributed by atoms with E-state index in [1.54, 1.807) is 0 Å². The van der Waals surface area contributed by atoms with Crippen LogP contribution in [0, 0.1) is 11.8 Å². The lowest BCUT2D eigenvalue weighted by molar-refractivity contribution is -0.167. The summed E-state index contributed by atoms with van der Waals surface area (Å²) in [4.78, 5) is 37.8. The molecular formula is C49H94O6. The Labute approximate surface area is 342 Å². The standard InChI is InChI=1S/C49H94O6/c1-6-8-9-10-11-12-13-14-15-16-17-18-19-24-31-36-41-49(52)55-46(43-54-48(51)40-35-30-26-25-28-33-38-45(5)7-2)42-53-47(50)39-34-29-23-21-20-22-27-32-37-44(3)4/h44-46H,6-43H2,1-5H3/t45?,46-/m0/s1. The van der Waals surface area contributed by atoms with Gasteiger partial charge in [0.15, 0.2) is 6.10 Å². The first-order chi connectivity index (χ1) is 26.8. The molecular weight excluding hydrogens is 685 g/mol. The molecule has 55 heavy (non-hydrogen) atoms. The highest BCUT2D eigenvalue weighted by Gasteiger charge is 2.19. The SMILES string of the molecule is CCCCCCCCCCCCCCCCCCC(=O)O[C@@H](COC(=O)CCCCCCCCCCC(C)C)COC(=O)CCCCCCCCC(C)CC. The fraction of sp³-hybridized carbons (Fsp3) is 0.939. The number of unbranched alkanes of at least 4 members (excludes halogenated alkanes) is 27. The lowest BCUT2D eigenvalue weighted by Crippen LogP contribution is -2.30. The van der Waals surface area contributed by atoms with Gasteiger partial charge < -0.3 is 14.2 Å². The predicted octanol–water partition coefficient (Wildman–Crippen LogP) is 15.4. The molecule has 0 amide bonds. The first-order valence-corrected chi connectivity index (χ1v) is 24.3. The van der Waals surface area contributed by atoms with Crippen LogP contribution < -0.4 is 0 Å². The normalized spacial score (nSPS) is 12.5. The molecule has 0 fully saturated rings. The van der Waals surface area contributed by atoms with Gasteiger partial charge in [0.2, 0.25) is 0 Å². The van der Waals surface area contributed by atoms with E-state index in [0.29, 0.717) is 19.3 Å². The van der Waals surface area contributed by atoms with Crippen LogP contribution in [0.5, 0.6) is 0 Å². The highest BCUT2D eigenvalue weighted by molar-refractivity contribution is 5.71. The molecule has 6 heteroatoms. The first-order valence-electron chi connectivity index (χ1n) is 24.3. The van der Waals surface area contributed by atoms with Crippen LogP contribution in [0.15, 0.2) is 0 Å². The molecule has 0 aromatic heterocycles. The van der Waals surface area contributed by atoms with Gasteiger partial charge in [-0.1, -0.05) is 227 Å². The second-order valence-corrected chi connectivity index (χ2v) is 17.5. The van der Waals surface area contributed by atoms with Crippen LogP contribution in [0.1, 0.15) is 266 Å². The van der Waals surface area contributed by atoms with Crippen molar-refractivity contribution in [2.45, 2.75) is 272 Å². The van der Waals surface area contributed by atoms with Gasteiger partial charge in [0.1, 0.15) is 13.2 Å². The topological polar surface area (TPSA) is 78.9 Å². The van der Waals surface area contributed by atoms with E-state index < -0.39 is 6.10 Å². The monoisotopic (exact) mass is 779 g/mol. The third kappa shape index (κ3) is 41.9. The van der Waals surface area contributed by atoms with Crippen LogP contribution in [-0.4, -0.2) is 37.2 Å². The molecule has 0 aromatic carbocycles. The molecule has 6 nitrogen and oxygen atoms in total. The summed E-state index contributed by atoms with van der Waals surface area (Å²) in [6, 6.07) is 0. The third-order valence-corrected chi connectivity index (χ3v) is 11.3. The van der Waals surface area contributed by atoms with E-state index in [9.17, 15) is 14.4 Å². The molecule has 0 aromatic rings. The zero-order valence-electron chi connectivity index (χ0n) is 37.6. The van der Waals surface area contributed by atoms with E-state index in [0.717, 1.165) is 69.6 Å². The second kappa shape index (κ2) is 42.0. The van der Waals surface area contributed by atoms with Gasteiger partial charge in [-0.25, -0.2) is 0 Å². The molecule has 0 saturated heterocycles. The summed E-state index contributed by atoms with van der Waals surface area (Å²) < 4.78 is 16.7. The highest BCUT2D eigenvalue weighted by Crippen LogP contribution is 2.17. The van der Waals surface area contributed by atoms with Gasteiger partial charge in [0.05, 0.1) is 0 Å². The fourth-order valence-electron chi connectivity index (χ4n) is 7.25. The molecule has 0 aliphatic rings. The first kappa shape index (κ1) is 53.4. The Kier molecular flexibility index (Phi) is 40.8. The van der Waals surface area contributed by atoms with Gasteiger partial charge in [-0.15, -0.1) is 0 Å². The Morgan fingerprint density at radius 3 is 1.04 bits per heavy atom. The van der Waals surface area contributed by atoms with Crippen molar-refractivity contribution in [2.75, 3.05) is 13.2 Å². The highest BCUT2D eigenvalue weighted by atomic mass is 16.6. The maximum Gasteiger partial charge on any atom is 0.306 e.